The number of rotatable bonds is 4. The number of sulfonamides is 1. The van der Waals surface area contributed by atoms with E-state index in [1.807, 2.05) is 36.4 Å². The molecule has 18 heavy (non-hydrogen) atoms. The molecule has 0 amide bonds. The number of nitrogens with one attached hydrogen (secondary N) is 1. The Hall–Kier alpha value is -1.72. The first-order valence-corrected chi connectivity index (χ1v) is 7.38. The van der Waals surface area contributed by atoms with Gasteiger partial charge >= 0.3 is 0 Å². The Labute approximate surface area is 107 Å². The van der Waals surface area contributed by atoms with Crippen LogP contribution in [-0.2, 0) is 10.0 Å². The molecule has 94 valence electrons. The molecule has 1 aromatic carbocycles. The highest BCUT2D eigenvalue weighted by molar-refractivity contribution is 7.88. The van der Waals surface area contributed by atoms with Gasteiger partial charge in [0.1, 0.15) is 0 Å². The maximum absolute atomic E-state index is 11.4. The molecular formula is C13H14N2O2S. The predicted octanol–water partition coefficient (Wildman–Crippen LogP) is 1.72. The van der Waals surface area contributed by atoms with Crippen molar-refractivity contribution >= 4 is 10.0 Å². The lowest BCUT2D eigenvalue weighted by Gasteiger charge is -2.17. The van der Waals surface area contributed by atoms with Crippen LogP contribution in [0.25, 0.3) is 0 Å². The van der Waals surface area contributed by atoms with Crippen molar-refractivity contribution in [3.8, 4) is 0 Å². The summed E-state index contributed by atoms with van der Waals surface area (Å²) >= 11 is 0. The lowest BCUT2D eigenvalue weighted by molar-refractivity contribution is 0.576. The first-order chi connectivity index (χ1) is 8.56. The Morgan fingerprint density at radius 1 is 1.06 bits per heavy atom. The Morgan fingerprint density at radius 2 is 1.72 bits per heavy atom. The number of aromatic nitrogens is 1. The third kappa shape index (κ3) is 3.38. The fourth-order valence-electron chi connectivity index (χ4n) is 1.71. The van der Waals surface area contributed by atoms with Crippen LogP contribution in [0.15, 0.2) is 54.7 Å². The largest absolute Gasteiger partial charge is 0.259 e. The van der Waals surface area contributed by atoms with Crippen LogP contribution in [0.1, 0.15) is 17.3 Å². The number of nitrogens with zero attached hydrogens (tertiary/aromatic N) is 1. The van der Waals surface area contributed by atoms with Gasteiger partial charge in [-0.05, 0) is 17.7 Å². The monoisotopic (exact) mass is 262 g/mol. The van der Waals surface area contributed by atoms with Crippen molar-refractivity contribution in [2.24, 2.45) is 0 Å². The van der Waals surface area contributed by atoms with E-state index in [1.54, 1.807) is 18.3 Å². The average molecular weight is 262 g/mol. The molecule has 1 N–H and O–H groups in total. The summed E-state index contributed by atoms with van der Waals surface area (Å²) in [6.07, 6.45) is 2.79. The van der Waals surface area contributed by atoms with Crippen LogP contribution in [0, 0.1) is 0 Å². The first-order valence-electron chi connectivity index (χ1n) is 5.49. The quantitative estimate of drug-likeness (QED) is 0.912. The fourth-order valence-corrected chi connectivity index (χ4v) is 2.39. The van der Waals surface area contributed by atoms with Gasteiger partial charge in [0.2, 0.25) is 10.0 Å². The molecular weight excluding hydrogens is 248 g/mol. The molecule has 0 unspecified atom stereocenters. The van der Waals surface area contributed by atoms with E-state index < -0.39 is 16.1 Å². The van der Waals surface area contributed by atoms with Crippen LogP contribution >= 0.6 is 0 Å². The second-order valence-electron chi connectivity index (χ2n) is 3.99. The molecule has 0 aliphatic carbocycles. The van der Waals surface area contributed by atoms with Gasteiger partial charge < -0.3 is 0 Å². The SMILES string of the molecule is CS(=O)(=O)N[C@@H](c1ccccc1)c1ccccn1. The van der Waals surface area contributed by atoms with Crippen molar-refractivity contribution in [2.75, 3.05) is 6.26 Å². The minimum atomic E-state index is -3.31. The van der Waals surface area contributed by atoms with E-state index in [2.05, 4.69) is 9.71 Å². The summed E-state index contributed by atoms with van der Waals surface area (Å²) in [5.41, 5.74) is 1.54. The van der Waals surface area contributed by atoms with E-state index >= 15 is 0 Å². The lowest BCUT2D eigenvalue weighted by Crippen LogP contribution is -2.28. The molecule has 1 heterocycles. The van der Waals surface area contributed by atoms with Crippen molar-refractivity contribution in [1.29, 1.82) is 0 Å². The molecule has 0 radical (unpaired) electrons. The molecule has 0 spiro atoms. The zero-order valence-corrected chi connectivity index (χ0v) is 10.8. The molecule has 0 bridgehead atoms. The maximum Gasteiger partial charge on any atom is 0.209 e. The van der Waals surface area contributed by atoms with Crippen LogP contribution in [-0.4, -0.2) is 19.7 Å². The molecule has 0 fully saturated rings. The Balaban J connectivity index is 2.42. The van der Waals surface area contributed by atoms with Gasteiger partial charge in [0.25, 0.3) is 0 Å². The topological polar surface area (TPSA) is 59.1 Å². The maximum atomic E-state index is 11.4. The molecule has 2 rings (SSSR count). The zero-order valence-electron chi connectivity index (χ0n) is 9.95. The summed E-state index contributed by atoms with van der Waals surface area (Å²) in [6, 6.07) is 14.4. The highest BCUT2D eigenvalue weighted by atomic mass is 32.2. The van der Waals surface area contributed by atoms with Crippen molar-refractivity contribution in [1.82, 2.24) is 9.71 Å². The minimum Gasteiger partial charge on any atom is -0.259 e. The fraction of sp³-hybridized carbons (Fsp3) is 0.154. The van der Waals surface area contributed by atoms with E-state index in [-0.39, 0.29) is 0 Å². The molecule has 1 aromatic heterocycles. The third-order valence-electron chi connectivity index (χ3n) is 2.45. The van der Waals surface area contributed by atoms with E-state index in [1.165, 1.54) is 0 Å². The highest BCUT2D eigenvalue weighted by Crippen LogP contribution is 2.20. The Bertz CT molecular complexity index is 558. The summed E-state index contributed by atoms with van der Waals surface area (Å²) < 4.78 is 25.5. The average Bonchev–Trinajstić information content (AvgIpc) is 2.37. The van der Waals surface area contributed by atoms with E-state index in [4.69, 9.17) is 0 Å². The van der Waals surface area contributed by atoms with Gasteiger partial charge in [-0.25, -0.2) is 13.1 Å². The minimum absolute atomic E-state index is 0.456. The van der Waals surface area contributed by atoms with Gasteiger partial charge in [-0.1, -0.05) is 36.4 Å². The van der Waals surface area contributed by atoms with E-state index in [0.717, 1.165) is 11.8 Å². The van der Waals surface area contributed by atoms with Gasteiger partial charge in [0.05, 0.1) is 18.0 Å². The normalized spacial score (nSPS) is 13.2. The summed E-state index contributed by atoms with van der Waals surface area (Å²) in [6.45, 7) is 0. The van der Waals surface area contributed by atoms with Crippen LogP contribution in [0.4, 0.5) is 0 Å². The molecule has 0 saturated heterocycles. The third-order valence-corrected chi connectivity index (χ3v) is 3.11. The van der Waals surface area contributed by atoms with Crippen molar-refractivity contribution in [2.45, 2.75) is 6.04 Å². The number of hydrogen-bond acceptors (Lipinski definition) is 3. The van der Waals surface area contributed by atoms with Crippen molar-refractivity contribution in [3.05, 3.63) is 66.0 Å². The van der Waals surface area contributed by atoms with E-state index in [9.17, 15) is 8.42 Å². The van der Waals surface area contributed by atoms with Crippen LogP contribution in [0.5, 0.6) is 0 Å². The van der Waals surface area contributed by atoms with Crippen molar-refractivity contribution in [3.63, 3.8) is 0 Å². The summed E-state index contributed by atoms with van der Waals surface area (Å²) in [7, 11) is -3.31. The second-order valence-corrected chi connectivity index (χ2v) is 5.77. The molecule has 5 heteroatoms. The summed E-state index contributed by atoms with van der Waals surface area (Å²) in [5.74, 6) is 0. The van der Waals surface area contributed by atoms with Crippen LogP contribution in [0.2, 0.25) is 0 Å². The van der Waals surface area contributed by atoms with Crippen LogP contribution < -0.4 is 4.72 Å². The molecule has 0 aliphatic rings. The molecule has 0 saturated carbocycles. The summed E-state index contributed by atoms with van der Waals surface area (Å²) in [5, 5.41) is 0. The number of benzene rings is 1. The standard InChI is InChI=1S/C13H14N2O2S/c1-18(16,17)15-13(11-7-3-2-4-8-11)12-9-5-6-10-14-12/h2-10,13,15H,1H3/t13-/m0/s1. The predicted molar refractivity (Wildman–Crippen MR) is 70.5 cm³/mol. The number of hydrogen-bond donors (Lipinski definition) is 1. The van der Waals surface area contributed by atoms with Crippen molar-refractivity contribution < 1.29 is 8.42 Å². The molecule has 1 atom stereocenters. The molecule has 2 aromatic rings. The van der Waals surface area contributed by atoms with Gasteiger partial charge in [-0.15, -0.1) is 0 Å². The number of pyridine rings is 1. The van der Waals surface area contributed by atoms with Crippen LogP contribution in [0.3, 0.4) is 0 Å². The van der Waals surface area contributed by atoms with Gasteiger partial charge in [0, 0.05) is 6.20 Å². The molecule has 0 aliphatic heterocycles. The van der Waals surface area contributed by atoms with E-state index in [0.29, 0.717) is 5.69 Å². The zero-order chi connectivity index (χ0) is 13.0. The smallest absolute Gasteiger partial charge is 0.209 e. The Kier molecular flexibility index (Phi) is 3.74. The van der Waals surface area contributed by atoms with Gasteiger partial charge in [-0.3, -0.25) is 4.98 Å². The molecule has 4 nitrogen and oxygen atoms in total. The Morgan fingerprint density at radius 3 is 2.28 bits per heavy atom. The summed E-state index contributed by atoms with van der Waals surface area (Å²) in [4.78, 5) is 4.21. The first kappa shape index (κ1) is 12.7. The van der Waals surface area contributed by atoms with Gasteiger partial charge in [0.15, 0.2) is 0 Å². The van der Waals surface area contributed by atoms with Gasteiger partial charge in [-0.2, -0.15) is 0 Å². The highest BCUT2D eigenvalue weighted by Gasteiger charge is 2.18. The lowest BCUT2D eigenvalue weighted by atomic mass is 10.0. The second kappa shape index (κ2) is 5.29.